The lowest BCUT2D eigenvalue weighted by Crippen LogP contribution is -2.29. The van der Waals surface area contributed by atoms with E-state index in [0.29, 0.717) is 11.6 Å². The molecule has 0 amide bonds. The zero-order chi connectivity index (χ0) is 13.3. The molecule has 1 heterocycles. The molecule has 0 aliphatic heterocycles. The Morgan fingerprint density at radius 1 is 1.44 bits per heavy atom. The molecule has 18 heavy (non-hydrogen) atoms. The van der Waals surface area contributed by atoms with Crippen LogP contribution in [0.4, 0.5) is 11.6 Å². The molecule has 0 spiro atoms. The van der Waals surface area contributed by atoms with Crippen LogP contribution in [0.2, 0.25) is 0 Å². The molecule has 100 valence electrons. The van der Waals surface area contributed by atoms with Gasteiger partial charge in [0.2, 0.25) is 11.6 Å². The quantitative estimate of drug-likeness (QED) is 0.627. The van der Waals surface area contributed by atoms with Gasteiger partial charge in [-0.25, -0.2) is 0 Å². The first-order chi connectivity index (χ1) is 8.49. The molecule has 7 heteroatoms. The zero-order valence-electron chi connectivity index (χ0n) is 10.6. The van der Waals surface area contributed by atoms with Gasteiger partial charge in [0.15, 0.2) is 0 Å². The van der Waals surface area contributed by atoms with Gasteiger partial charge in [0.05, 0.1) is 6.10 Å². The minimum absolute atomic E-state index is 0.124. The highest BCUT2D eigenvalue weighted by atomic mass is 16.6. The topological polar surface area (TPSA) is 93.2 Å². The second kappa shape index (κ2) is 4.93. The van der Waals surface area contributed by atoms with Gasteiger partial charge in [-0.3, -0.25) is 4.57 Å². The fraction of sp³-hybridized carbons (Fsp3) is 0.727. The van der Waals surface area contributed by atoms with Crippen molar-refractivity contribution in [3.8, 4) is 0 Å². The molecular weight excluding hydrogens is 236 g/mol. The fourth-order valence-corrected chi connectivity index (χ4v) is 2.30. The number of rotatable bonds is 3. The highest BCUT2D eigenvalue weighted by Gasteiger charge is 2.27. The lowest BCUT2D eigenvalue weighted by Gasteiger charge is -2.26. The number of aliphatic hydroxyl groups excluding tert-OH is 1. The van der Waals surface area contributed by atoms with Crippen LogP contribution in [0.15, 0.2) is 0 Å². The molecule has 0 radical (unpaired) electrons. The molecule has 1 fully saturated rings. The lowest BCUT2D eigenvalue weighted by molar-refractivity contribution is -0.388. The first-order valence-corrected chi connectivity index (χ1v) is 6.11. The van der Waals surface area contributed by atoms with E-state index in [1.54, 1.807) is 18.5 Å². The van der Waals surface area contributed by atoms with Crippen molar-refractivity contribution >= 4 is 11.6 Å². The second-order valence-electron chi connectivity index (χ2n) is 4.80. The third-order valence-corrected chi connectivity index (χ3v) is 3.51. The summed E-state index contributed by atoms with van der Waals surface area (Å²) in [6.07, 6.45) is 2.89. The highest BCUT2D eigenvalue weighted by molar-refractivity contribution is 5.54. The Morgan fingerprint density at radius 2 is 2.06 bits per heavy atom. The standard InChI is InChI=1S/C11H18N4O3/c1-7-12-11(15(17)18)10(14(7)2)13-8-3-5-9(16)6-4-8/h8-9,13,16H,3-6H2,1-2H3. The number of nitro groups is 1. The van der Waals surface area contributed by atoms with Crippen LogP contribution >= 0.6 is 0 Å². The Hall–Kier alpha value is -1.63. The summed E-state index contributed by atoms with van der Waals surface area (Å²) in [4.78, 5) is 14.4. The van der Waals surface area contributed by atoms with E-state index in [1.165, 1.54) is 0 Å². The van der Waals surface area contributed by atoms with Gasteiger partial charge in [-0.15, -0.1) is 0 Å². The predicted octanol–water partition coefficient (Wildman–Crippen LogP) is 1.35. The van der Waals surface area contributed by atoms with Crippen LogP contribution in [0.25, 0.3) is 0 Å². The number of aryl methyl sites for hydroxylation is 1. The maximum atomic E-state index is 10.9. The van der Waals surface area contributed by atoms with Crippen molar-refractivity contribution in [1.29, 1.82) is 0 Å². The van der Waals surface area contributed by atoms with Gasteiger partial charge in [-0.2, -0.15) is 0 Å². The monoisotopic (exact) mass is 254 g/mol. The van der Waals surface area contributed by atoms with Gasteiger partial charge >= 0.3 is 5.82 Å². The van der Waals surface area contributed by atoms with Crippen molar-refractivity contribution in [2.45, 2.75) is 44.8 Å². The van der Waals surface area contributed by atoms with Crippen LogP contribution in [0.3, 0.4) is 0 Å². The summed E-state index contributed by atoms with van der Waals surface area (Å²) < 4.78 is 1.70. The van der Waals surface area contributed by atoms with E-state index < -0.39 is 4.92 Å². The van der Waals surface area contributed by atoms with E-state index in [9.17, 15) is 15.2 Å². The summed E-state index contributed by atoms with van der Waals surface area (Å²) in [6.45, 7) is 1.74. The number of anilines is 1. The Balaban J connectivity index is 2.15. The van der Waals surface area contributed by atoms with Gasteiger partial charge in [-0.05, 0) is 35.6 Å². The maximum absolute atomic E-state index is 10.9. The second-order valence-corrected chi connectivity index (χ2v) is 4.80. The number of nitrogens with zero attached hydrogens (tertiary/aromatic N) is 3. The Morgan fingerprint density at radius 3 is 2.61 bits per heavy atom. The Labute approximate surface area is 105 Å². The van der Waals surface area contributed by atoms with E-state index in [1.807, 2.05) is 0 Å². The largest absolute Gasteiger partial charge is 0.406 e. The van der Waals surface area contributed by atoms with E-state index in [-0.39, 0.29) is 18.0 Å². The van der Waals surface area contributed by atoms with Crippen LogP contribution in [-0.2, 0) is 7.05 Å². The molecule has 0 atom stereocenters. The average molecular weight is 254 g/mol. The molecule has 1 saturated carbocycles. The maximum Gasteiger partial charge on any atom is 0.406 e. The molecule has 1 aromatic rings. The number of nitrogens with one attached hydrogen (secondary N) is 1. The van der Waals surface area contributed by atoms with Gasteiger partial charge in [0, 0.05) is 20.0 Å². The van der Waals surface area contributed by atoms with Crippen molar-refractivity contribution in [3.63, 3.8) is 0 Å². The number of aromatic nitrogens is 2. The van der Waals surface area contributed by atoms with Gasteiger partial charge in [0.1, 0.15) is 0 Å². The molecule has 2 N–H and O–H groups in total. The van der Waals surface area contributed by atoms with Crippen LogP contribution < -0.4 is 5.32 Å². The number of hydrogen-bond donors (Lipinski definition) is 2. The summed E-state index contributed by atoms with van der Waals surface area (Å²) >= 11 is 0. The van der Waals surface area contributed by atoms with Crippen LogP contribution in [0.5, 0.6) is 0 Å². The van der Waals surface area contributed by atoms with E-state index in [4.69, 9.17) is 0 Å². The van der Waals surface area contributed by atoms with Crippen LogP contribution in [-0.4, -0.2) is 31.7 Å². The number of imidazole rings is 1. The average Bonchev–Trinajstić information content (AvgIpc) is 2.60. The van der Waals surface area contributed by atoms with E-state index in [2.05, 4.69) is 10.3 Å². The number of hydrogen-bond acceptors (Lipinski definition) is 5. The smallest absolute Gasteiger partial charge is 0.393 e. The summed E-state index contributed by atoms with van der Waals surface area (Å²) in [7, 11) is 1.76. The van der Waals surface area contributed by atoms with Crippen molar-refractivity contribution in [2.75, 3.05) is 5.32 Å². The molecular formula is C11H18N4O3. The first kappa shape index (κ1) is 12.8. The Kier molecular flexibility index (Phi) is 3.51. The van der Waals surface area contributed by atoms with E-state index in [0.717, 1.165) is 25.7 Å². The lowest BCUT2D eigenvalue weighted by atomic mass is 9.93. The zero-order valence-corrected chi connectivity index (χ0v) is 10.6. The molecule has 1 aromatic heterocycles. The van der Waals surface area contributed by atoms with Crippen LogP contribution in [0, 0.1) is 17.0 Å². The molecule has 2 rings (SSSR count). The minimum atomic E-state index is -0.465. The predicted molar refractivity (Wildman–Crippen MR) is 66.5 cm³/mol. The SMILES string of the molecule is Cc1nc([N+](=O)[O-])c(NC2CCC(O)CC2)n1C. The fourth-order valence-electron chi connectivity index (χ4n) is 2.30. The molecule has 1 aliphatic rings. The molecule has 0 aromatic carbocycles. The van der Waals surface area contributed by atoms with Gasteiger partial charge < -0.3 is 20.5 Å². The third kappa shape index (κ3) is 2.45. The molecule has 0 saturated heterocycles. The Bertz CT molecular complexity index is 449. The summed E-state index contributed by atoms with van der Waals surface area (Å²) in [5, 5.41) is 23.6. The number of aliphatic hydroxyl groups is 1. The van der Waals surface area contributed by atoms with E-state index >= 15 is 0 Å². The molecule has 1 aliphatic carbocycles. The first-order valence-electron chi connectivity index (χ1n) is 6.11. The van der Waals surface area contributed by atoms with Gasteiger partial charge in [0.25, 0.3) is 0 Å². The normalized spacial score (nSPS) is 23.9. The van der Waals surface area contributed by atoms with Crippen molar-refractivity contribution < 1.29 is 10.0 Å². The summed E-state index contributed by atoms with van der Waals surface area (Å²) in [6, 6.07) is 0.168. The summed E-state index contributed by atoms with van der Waals surface area (Å²) in [5.41, 5.74) is 0. The van der Waals surface area contributed by atoms with Crippen molar-refractivity contribution in [3.05, 3.63) is 15.9 Å². The third-order valence-electron chi connectivity index (χ3n) is 3.51. The van der Waals surface area contributed by atoms with Crippen LogP contribution in [0.1, 0.15) is 31.5 Å². The molecule has 7 nitrogen and oxygen atoms in total. The summed E-state index contributed by atoms with van der Waals surface area (Å²) in [5.74, 6) is 0.944. The minimum Gasteiger partial charge on any atom is -0.393 e. The van der Waals surface area contributed by atoms with Crippen molar-refractivity contribution in [1.82, 2.24) is 9.55 Å². The molecule has 0 unspecified atom stereocenters. The van der Waals surface area contributed by atoms with Crippen molar-refractivity contribution in [2.24, 2.45) is 7.05 Å². The molecule has 0 bridgehead atoms. The van der Waals surface area contributed by atoms with Gasteiger partial charge in [-0.1, -0.05) is 0 Å². The highest BCUT2D eigenvalue weighted by Crippen LogP contribution is 2.28.